The smallest absolute Gasteiger partial charge is 0.0122 e. The molecule has 0 spiro atoms. The minimum absolute atomic E-state index is 0.907. The van der Waals surface area contributed by atoms with E-state index in [0.717, 1.165) is 23.7 Å². The van der Waals surface area contributed by atoms with Gasteiger partial charge in [-0.25, -0.2) is 0 Å². The van der Waals surface area contributed by atoms with E-state index >= 15 is 0 Å². The van der Waals surface area contributed by atoms with Crippen LogP contribution in [-0.4, -0.2) is 0 Å². The van der Waals surface area contributed by atoms with Crippen LogP contribution in [0, 0.1) is 23.7 Å². The maximum absolute atomic E-state index is 2.52. The Hall–Kier alpha value is -0.780. The van der Waals surface area contributed by atoms with Crippen LogP contribution in [0.15, 0.2) is 35.5 Å². The molecule has 0 bridgehead atoms. The summed E-state index contributed by atoms with van der Waals surface area (Å²) < 4.78 is 0. The van der Waals surface area contributed by atoms with Crippen LogP contribution in [0.5, 0.6) is 0 Å². The minimum Gasteiger partial charge on any atom is -0.0767 e. The molecule has 4 aliphatic carbocycles. The number of allylic oxidation sites excluding steroid dienone is 6. The molecule has 0 heteroatoms. The number of hydrogen-bond acceptors (Lipinski definition) is 0. The third kappa shape index (κ3) is 1.49. The lowest BCUT2D eigenvalue weighted by molar-refractivity contribution is 0.0687. The van der Waals surface area contributed by atoms with E-state index in [2.05, 4.69) is 24.3 Å². The Kier molecular flexibility index (Phi) is 2.31. The predicted molar refractivity (Wildman–Crippen MR) is 71.6 cm³/mol. The van der Waals surface area contributed by atoms with E-state index in [1.165, 1.54) is 44.9 Å². The van der Waals surface area contributed by atoms with Crippen LogP contribution < -0.4 is 0 Å². The Morgan fingerprint density at radius 2 is 1.88 bits per heavy atom. The van der Waals surface area contributed by atoms with Gasteiger partial charge in [-0.2, -0.15) is 0 Å². The molecule has 2 saturated carbocycles. The summed E-state index contributed by atoms with van der Waals surface area (Å²) in [4.78, 5) is 0. The highest BCUT2D eigenvalue weighted by atomic mass is 14.5. The molecule has 0 amide bonds. The molecule has 0 saturated heterocycles. The van der Waals surface area contributed by atoms with Gasteiger partial charge in [0.2, 0.25) is 0 Å². The molecule has 0 heterocycles. The first-order valence-electron chi connectivity index (χ1n) is 7.52. The molecular formula is C17H22. The third-order valence-electron chi connectivity index (χ3n) is 5.78. The average Bonchev–Trinajstić information content (AvgIpc) is 2.86. The summed E-state index contributed by atoms with van der Waals surface area (Å²) in [7, 11) is 0. The topological polar surface area (TPSA) is 0 Å². The molecule has 0 aliphatic heterocycles. The number of rotatable bonds is 0. The molecule has 0 aromatic heterocycles. The Labute approximate surface area is 104 Å². The first-order valence-corrected chi connectivity index (χ1v) is 7.52. The number of fused-ring (bicyclic) bond motifs is 5. The second-order valence-corrected chi connectivity index (χ2v) is 6.43. The van der Waals surface area contributed by atoms with Crippen LogP contribution in [0.3, 0.4) is 0 Å². The van der Waals surface area contributed by atoms with Crippen molar-refractivity contribution >= 4 is 0 Å². The van der Waals surface area contributed by atoms with Crippen molar-refractivity contribution in [1.29, 1.82) is 0 Å². The van der Waals surface area contributed by atoms with Gasteiger partial charge in [-0.1, -0.05) is 43.6 Å². The molecule has 0 N–H and O–H groups in total. The summed E-state index contributed by atoms with van der Waals surface area (Å²) in [6.07, 6.45) is 19.9. The van der Waals surface area contributed by atoms with Crippen LogP contribution in [0.25, 0.3) is 0 Å². The summed E-state index contributed by atoms with van der Waals surface area (Å²) in [6, 6.07) is 0. The third-order valence-corrected chi connectivity index (χ3v) is 5.78. The first kappa shape index (κ1) is 10.2. The Morgan fingerprint density at radius 3 is 2.88 bits per heavy atom. The molecule has 4 rings (SSSR count). The zero-order valence-corrected chi connectivity index (χ0v) is 10.6. The molecule has 0 aromatic carbocycles. The molecular weight excluding hydrogens is 204 g/mol. The van der Waals surface area contributed by atoms with Gasteiger partial charge in [0.15, 0.2) is 0 Å². The van der Waals surface area contributed by atoms with Crippen molar-refractivity contribution < 1.29 is 0 Å². The van der Waals surface area contributed by atoms with Crippen molar-refractivity contribution in [2.24, 2.45) is 23.7 Å². The second-order valence-electron chi connectivity index (χ2n) is 6.43. The summed E-state index contributed by atoms with van der Waals surface area (Å²) in [5.74, 6) is 4.03. The van der Waals surface area contributed by atoms with Crippen molar-refractivity contribution in [3.05, 3.63) is 35.5 Å². The van der Waals surface area contributed by atoms with Crippen molar-refractivity contribution in [2.45, 2.75) is 44.9 Å². The molecule has 0 nitrogen and oxygen atoms in total. The van der Waals surface area contributed by atoms with Crippen LogP contribution in [0.1, 0.15) is 44.9 Å². The molecule has 4 aliphatic rings. The molecule has 17 heavy (non-hydrogen) atoms. The Morgan fingerprint density at radius 1 is 0.941 bits per heavy atom. The number of hydrogen-bond donors (Lipinski definition) is 0. The summed E-state index contributed by atoms with van der Waals surface area (Å²) in [6.45, 7) is 0. The van der Waals surface area contributed by atoms with Gasteiger partial charge in [0.05, 0.1) is 0 Å². The van der Waals surface area contributed by atoms with Gasteiger partial charge in [-0.15, -0.1) is 0 Å². The standard InChI is InChI=1S/C17H22/c1-2-6-14-12(4-1)8-10-17-15-7-3-5-13(15)9-11-16(14)17/h3,5,7,9,12,14,16-17H,1-2,4,6,8,10-11H2. The average molecular weight is 226 g/mol. The SMILES string of the molecule is C1=CC2=CCC3C(CCC4CCCCC43)C2=C1. The maximum atomic E-state index is 2.52. The maximum Gasteiger partial charge on any atom is -0.0122 e. The normalized spacial score (nSPS) is 43.3. The zero-order chi connectivity index (χ0) is 11.2. The monoisotopic (exact) mass is 226 g/mol. The van der Waals surface area contributed by atoms with E-state index in [9.17, 15) is 0 Å². The van der Waals surface area contributed by atoms with E-state index in [-0.39, 0.29) is 0 Å². The Bertz CT molecular complexity index is 410. The highest BCUT2D eigenvalue weighted by molar-refractivity contribution is 5.51. The predicted octanol–water partition coefficient (Wildman–Crippen LogP) is 4.65. The summed E-state index contributed by atoms with van der Waals surface area (Å²) in [5.41, 5.74) is 3.24. The zero-order valence-electron chi connectivity index (χ0n) is 10.6. The fraction of sp³-hybridized carbons (Fsp3) is 0.647. The van der Waals surface area contributed by atoms with Crippen LogP contribution >= 0.6 is 0 Å². The summed E-state index contributed by atoms with van der Waals surface area (Å²) in [5, 5.41) is 0. The van der Waals surface area contributed by atoms with Gasteiger partial charge in [-0.05, 0) is 60.5 Å². The van der Waals surface area contributed by atoms with Crippen molar-refractivity contribution in [2.75, 3.05) is 0 Å². The fourth-order valence-electron chi connectivity index (χ4n) is 5.02. The second kappa shape index (κ2) is 3.86. The van der Waals surface area contributed by atoms with E-state index in [0.29, 0.717) is 0 Å². The lowest BCUT2D eigenvalue weighted by atomic mass is 9.57. The van der Waals surface area contributed by atoms with E-state index in [1.807, 2.05) is 0 Å². The van der Waals surface area contributed by atoms with Crippen LogP contribution in [-0.2, 0) is 0 Å². The van der Waals surface area contributed by atoms with Gasteiger partial charge in [0.1, 0.15) is 0 Å². The van der Waals surface area contributed by atoms with Crippen molar-refractivity contribution in [3.63, 3.8) is 0 Å². The molecule has 2 fully saturated rings. The van der Waals surface area contributed by atoms with Gasteiger partial charge < -0.3 is 0 Å². The first-order chi connectivity index (χ1) is 8.43. The van der Waals surface area contributed by atoms with Gasteiger partial charge in [0.25, 0.3) is 0 Å². The fourth-order valence-corrected chi connectivity index (χ4v) is 5.02. The Balaban J connectivity index is 1.66. The molecule has 4 unspecified atom stereocenters. The van der Waals surface area contributed by atoms with Crippen LogP contribution in [0.2, 0.25) is 0 Å². The van der Waals surface area contributed by atoms with Crippen molar-refractivity contribution in [1.82, 2.24) is 0 Å². The van der Waals surface area contributed by atoms with Gasteiger partial charge in [-0.3, -0.25) is 0 Å². The molecule has 0 aromatic rings. The van der Waals surface area contributed by atoms with E-state index in [1.54, 1.807) is 11.1 Å². The van der Waals surface area contributed by atoms with Crippen LogP contribution in [0.4, 0.5) is 0 Å². The molecule has 4 atom stereocenters. The van der Waals surface area contributed by atoms with Gasteiger partial charge >= 0.3 is 0 Å². The molecule has 90 valence electrons. The molecule has 0 radical (unpaired) electrons. The quantitative estimate of drug-likeness (QED) is 0.564. The van der Waals surface area contributed by atoms with E-state index in [4.69, 9.17) is 0 Å². The van der Waals surface area contributed by atoms with Crippen molar-refractivity contribution in [3.8, 4) is 0 Å². The highest BCUT2D eigenvalue weighted by Crippen LogP contribution is 2.53. The largest absolute Gasteiger partial charge is 0.0767 e. The lowest BCUT2D eigenvalue weighted by Crippen LogP contribution is -2.38. The summed E-state index contributed by atoms with van der Waals surface area (Å²) >= 11 is 0. The minimum atomic E-state index is 0.907. The highest BCUT2D eigenvalue weighted by Gasteiger charge is 2.42. The van der Waals surface area contributed by atoms with E-state index < -0.39 is 0 Å². The lowest BCUT2D eigenvalue weighted by Gasteiger charge is -2.48. The van der Waals surface area contributed by atoms with Gasteiger partial charge in [0, 0.05) is 0 Å².